The molecule has 0 aliphatic rings. The summed E-state index contributed by atoms with van der Waals surface area (Å²) in [6.07, 6.45) is 1.70. The molecule has 0 bridgehead atoms. The fraction of sp³-hybridized carbons (Fsp3) is 0.400. The lowest BCUT2D eigenvalue weighted by atomic mass is 10.0. The van der Waals surface area contributed by atoms with E-state index < -0.39 is 5.54 Å². The van der Waals surface area contributed by atoms with Crippen LogP contribution in [0.15, 0.2) is 24.4 Å². The highest BCUT2D eigenvalue weighted by Gasteiger charge is 2.19. The first-order valence-electron chi connectivity index (χ1n) is 6.83. The maximum atomic E-state index is 12.1. The van der Waals surface area contributed by atoms with Gasteiger partial charge in [0, 0.05) is 5.69 Å². The van der Waals surface area contributed by atoms with Gasteiger partial charge in [0.15, 0.2) is 0 Å². The Morgan fingerprint density at radius 3 is 2.71 bits per heavy atom. The third kappa shape index (κ3) is 3.66. The van der Waals surface area contributed by atoms with Crippen LogP contribution in [0.1, 0.15) is 30.7 Å². The van der Waals surface area contributed by atoms with Gasteiger partial charge in [0.2, 0.25) is 5.91 Å². The first kappa shape index (κ1) is 15.2. The van der Waals surface area contributed by atoms with Gasteiger partial charge in [-0.2, -0.15) is 0 Å². The van der Waals surface area contributed by atoms with Crippen LogP contribution in [0.2, 0.25) is 0 Å². The molecule has 0 spiro atoms. The zero-order chi connectivity index (χ0) is 15.6. The van der Waals surface area contributed by atoms with Gasteiger partial charge in [0.1, 0.15) is 12.2 Å². The van der Waals surface area contributed by atoms with Crippen LogP contribution in [-0.2, 0) is 16.9 Å². The number of aryl methyl sites for hydroxylation is 1. The molecule has 0 unspecified atom stereocenters. The molecule has 0 radical (unpaired) electrons. The molecule has 0 aliphatic heterocycles. The highest BCUT2D eigenvalue weighted by Crippen LogP contribution is 2.18. The van der Waals surface area contributed by atoms with E-state index in [0.717, 1.165) is 16.8 Å². The summed E-state index contributed by atoms with van der Waals surface area (Å²) in [5.74, 6) is -0.144. The van der Waals surface area contributed by atoms with E-state index >= 15 is 0 Å². The van der Waals surface area contributed by atoms with Crippen molar-refractivity contribution in [2.45, 2.75) is 39.8 Å². The topological polar surface area (TPSA) is 85.8 Å². The van der Waals surface area contributed by atoms with E-state index in [2.05, 4.69) is 15.6 Å². The maximum Gasteiger partial charge on any atom is 0.246 e. The Kier molecular flexibility index (Phi) is 4.09. The number of nitrogens with one attached hydrogen (secondary N) is 1. The van der Waals surface area contributed by atoms with E-state index in [1.165, 1.54) is 4.68 Å². The molecule has 1 aromatic carbocycles. The summed E-state index contributed by atoms with van der Waals surface area (Å²) < 4.78 is 1.49. The van der Waals surface area contributed by atoms with Gasteiger partial charge in [0.25, 0.3) is 0 Å². The van der Waals surface area contributed by atoms with E-state index in [-0.39, 0.29) is 12.5 Å². The minimum absolute atomic E-state index is 0.108. The third-order valence-corrected chi connectivity index (χ3v) is 3.38. The summed E-state index contributed by atoms with van der Waals surface area (Å²) in [6.45, 7) is 7.79. The molecule has 0 atom stereocenters. The number of amides is 1. The predicted octanol–water partition coefficient (Wildman–Crippen LogP) is 1.73. The predicted molar refractivity (Wildman–Crippen MR) is 81.8 cm³/mol. The second-order valence-electron chi connectivity index (χ2n) is 5.82. The SMILES string of the molecule is Cc1cccc(NC(=O)Cn2cc(C(C)(C)N)nn2)c1C. The molecule has 2 aromatic rings. The summed E-state index contributed by atoms with van der Waals surface area (Å²) in [4.78, 5) is 12.1. The van der Waals surface area contributed by atoms with Gasteiger partial charge in [-0.25, -0.2) is 4.68 Å². The molecule has 112 valence electrons. The Morgan fingerprint density at radius 2 is 2.10 bits per heavy atom. The lowest BCUT2D eigenvalue weighted by molar-refractivity contribution is -0.116. The van der Waals surface area contributed by atoms with E-state index in [4.69, 9.17) is 5.73 Å². The van der Waals surface area contributed by atoms with Gasteiger partial charge in [-0.3, -0.25) is 4.79 Å². The normalized spacial score (nSPS) is 11.5. The minimum atomic E-state index is -0.568. The fourth-order valence-electron chi connectivity index (χ4n) is 1.89. The molecule has 0 saturated carbocycles. The monoisotopic (exact) mass is 287 g/mol. The van der Waals surface area contributed by atoms with Crippen molar-refractivity contribution < 1.29 is 4.79 Å². The Hall–Kier alpha value is -2.21. The lowest BCUT2D eigenvalue weighted by Crippen LogP contribution is -2.29. The first-order chi connectivity index (χ1) is 9.77. The number of anilines is 1. The molecule has 6 heteroatoms. The van der Waals surface area contributed by atoms with Gasteiger partial charge in [-0.1, -0.05) is 17.3 Å². The van der Waals surface area contributed by atoms with E-state index in [0.29, 0.717) is 5.69 Å². The number of hydrogen-bond donors (Lipinski definition) is 2. The highest BCUT2D eigenvalue weighted by molar-refractivity contribution is 5.91. The standard InChI is InChI=1S/C15H21N5O/c1-10-6-5-7-12(11(10)2)17-14(21)9-20-8-13(18-19-20)15(3,4)16/h5-8H,9,16H2,1-4H3,(H,17,21). The van der Waals surface area contributed by atoms with Crippen molar-refractivity contribution in [3.63, 3.8) is 0 Å². The molecule has 3 N–H and O–H groups in total. The second-order valence-corrected chi connectivity index (χ2v) is 5.82. The number of hydrogen-bond acceptors (Lipinski definition) is 4. The number of nitrogens with two attached hydrogens (primary N) is 1. The summed E-state index contributed by atoms with van der Waals surface area (Å²) in [6, 6.07) is 5.82. The number of carbonyl (C=O) groups is 1. The van der Waals surface area contributed by atoms with E-state index in [1.54, 1.807) is 6.20 Å². The average molecular weight is 287 g/mol. The van der Waals surface area contributed by atoms with Crippen molar-refractivity contribution in [1.29, 1.82) is 0 Å². The second kappa shape index (κ2) is 5.65. The largest absolute Gasteiger partial charge is 0.324 e. The van der Waals surface area contributed by atoms with Crippen molar-refractivity contribution in [3.8, 4) is 0 Å². The molecular formula is C15H21N5O. The maximum absolute atomic E-state index is 12.1. The molecule has 1 heterocycles. The molecular weight excluding hydrogens is 266 g/mol. The van der Waals surface area contributed by atoms with Crippen molar-refractivity contribution in [2.24, 2.45) is 5.73 Å². The Bertz CT molecular complexity index is 654. The number of carbonyl (C=O) groups excluding carboxylic acids is 1. The van der Waals surface area contributed by atoms with Crippen molar-refractivity contribution in [2.75, 3.05) is 5.32 Å². The Balaban J connectivity index is 2.05. The lowest BCUT2D eigenvalue weighted by Gasteiger charge is -2.13. The number of rotatable bonds is 4. The molecule has 0 fully saturated rings. The summed E-state index contributed by atoms with van der Waals surface area (Å²) in [5, 5.41) is 10.8. The van der Waals surface area contributed by atoms with Gasteiger partial charge >= 0.3 is 0 Å². The van der Waals surface area contributed by atoms with E-state index in [9.17, 15) is 4.79 Å². The molecule has 2 rings (SSSR count). The van der Waals surface area contributed by atoms with Crippen LogP contribution in [0.25, 0.3) is 0 Å². The molecule has 0 aliphatic carbocycles. The van der Waals surface area contributed by atoms with Crippen LogP contribution in [0.4, 0.5) is 5.69 Å². The minimum Gasteiger partial charge on any atom is -0.324 e. The van der Waals surface area contributed by atoms with Crippen LogP contribution in [-0.4, -0.2) is 20.9 Å². The zero-order valence-electron chi connectivity index (χ0n) is 12.8. The molecule has 0 saturated heterocycles. The van der Waals surface area contributed by atoms with E-state index in [1.807, 2.05) is 45.9 Å². The zero-order valence-corrected chi connectivity index (χ0v) is 12.8. The third-order valence-electron chi connectivity index (χ3n) is 3.38. The summed E-state index contributed by atoms with van der Waals surface area (Å²) in [5.41, 5.74) is 9.05. The van der Waals surface area contributed by atoms with Gasteiger partial charge < -0.3 is 11.1 Å². The van der Waals surface area contributed by atoms with Gasteiger partial charge in [0.05, 0.1) is 11.7 Å². The van der Waals surface area contributed by atoms with Crippen LogP contribution in [0.5, 0.6) is 0 Å². The smallest absolute Gasteiger partial charge is 0.246 e. The number of benzene rings is 1. The average Bonchev–Trinajstić information content (AvgIpc) is 2.83. The molecule has 1 amide bonds. The summed E-state index contributed by atoms with van der Waals surface area (Å²) >= 11 is 0. The van der Waals surface area contributed by atoms with Crippen LogP contribution in [0.3, 0.4) is 0 Å². The molecule has 6 nitrogen and oxygen atoms in total. The van der Waals surface area contributed by atoms with Crippen molar-refractivity contribution in [3.05, 3.63) is 41.2 Å². The van der Waals surface area contributed by atoms with Gasteiger partial charge in [-0.05, 0) is 44.9 Å². The quantitative estimate of drug-likeness (QED) is 0.896. The summed E-state index contributed by atoms with van der Waals surface area (Å²) in [7, 11) is 0. The molecule has 21 heavy (non-hydrogen) atoms. The van der Waals surface area contributed by atoms with Crippen LogP contribution >= 0.6 is 0 Å². The fourth-order valence-corrected chi connectivity index (χ4v) is 1.89. The van der Waals surface area contributed by atoms with Gasteiger partial charge in [-0.15, -0.1) is 5.10 Å². The molecule has 1 aromatic heterocycles. The highest BCUT2D eigenvalue weighted by atomic mass is 16.2. The van der Waals surface area contributed by atoms with Crippen LogP contribution < -0.4 is 11.1 Å². The number of aromatic nitrogens is 3. The van der Waals surface area contributed by atoms with Crippen molar-refractivity contribution in [1.82, 2.24) is 15.0 Å². The Morgan fingerprint density at radius 1 is 1.38 bits per heavy atom. The number of nitrogens with zero attached hydrogens (tertiary/aromatic N) is 3. The van der Waals surface area contributed by atoms with Crippen molar-refractivity contribution >= 4 is 11.6 Å². The van der Waals surface area contributed by atoms with Crippen LogP contribution in [0, 0.1) is 13.8 Å². The first-order valence-corrected chi connectivity index (χ1v) is 6.83. The Labute approximate surface area is 124 Å².